The van der Waals surface area contributed by atoms with Gasteiger partial charge in [-0.05, 0) is 37.5 Å². The number of amides is 1. The Hall–Kier alpha value is -1.82. The summed E-state index contributed by atoms with van der Waals surface area (Å²) in [5.41, 5.74) is 3.65. The molecule has 2 heterocycles. The van der Waals surface area contributed by atoms with Crippen LogP contribution in [0.5, 0.6) is 0 Å². The third kappa shape index (κ3) is 2.63. The number of aryl methyl sites for hydroxylation is 2. The molecule has 0 atom stereocenters. The van der Waals surface area contributed by atoms with Crippen LogP contribution in [0.3, 0.4) is 0 Å². The van der Waals surface area contributed by atoms with Gasteiger partial charge in [0, 0.05) is 25.5 Å². The van der Waals surface area contributed by atoms with Crippen LogP contribution >= 0.6 is 11.5 Å². The lowest BCUT2D eigenvalue weighted by Gasteiger charge is -2.08. The summed E-state index contributed by atoms with van der Waals surface area (Å²) < 4.78 is 6.27. The molecule has 0 unspecified atom stereocenters. The first kappa shape index (κ1) is 13.6. The fraction of sp³-hybridized carbons (Fsp3) is 0.385. The molecule has 6 heteroatoms. The van der Waals surface area contributed by atoms with Crippen LogP contribution < -0.4 is 10.6 Å². The zero-order chi connectivity index (χ0) is 14.0. The molecular formula is C13H18N4OS. The Balaban J connectivity index is 2.09. The number of nitrogens with one attached hydrogen (secondary N) is 2. The van der Waals surface area contributed by atoms with Gasteiger partial charge in [-0.1, -0.05) is 0 Å². The van der Waals surface area contributed by atoms with E-state index in [0.717, 1.165) is 16.4 Å². The van der Waals surface area contributed by atoms with Crippen molar-refractivity contribution in [2.75, 3.05) is 12.4 Å². The summed E-state index contributed by atoms with van der Waals surface area (Å²) in [6, 6.07) is 4.06. The van der Waals surface area contributed by atoms with Crippen LogP contribution in [0, 0.1) is 13.8 Å². The van der Waals surface area contributed by atoms with Crippen molar-refractivity contribution in [3.63, 3.8) is 0 Å². The van der Waals surface area contributed by atoms with Crippen molar-refractivity contribution < 1.29 is 4.79 Å². The number of rotatable bonds is 4. The van der Waals surface area contributed by atoms with Crippen LogP contribution in [0.15, 0.2) is 12.1 Å². The predicted molar refractivity (Wildman–Crippen MR) is 77.7 cm³/mol. The first-order chi connectivity index (χ1) is 9.04. The Morgan fingerprint density at radius 2 is 2.16 bits per heavy atom. The van der Waals surface area contributed by atoms with Crippen LogP contribution in [0.25, 0.3) is 0 Å². The Morgan fingerprint density at radius 3 is 2.74 bits per heavy atom. The number of hydrogen-bond donors (Lipinski definition) is 2. The molecule has 2 aromatic heterocycles. The van der Waals surface area contributed by atoms with Gasteiger partial charge in [0.2, 0.25) is 0 Å². The zero-order valence-electron chi connectivity index (χ0n) is 11.6. The molecule has 0 aliphatic carbocycles. The van der Waals surface area contributed by atoms with E-state index in [1.165, 1.54) is 17.2 Å². The number of carbonyl (C=O) groups excluding carboxylic acids is 1. The number of anilines is 1. The average molecular weight is 278 g/mol. The number of aromatic nitrogens is 2. The molecular weight excluding hydrogens is 260 g/mol. The van der Waals surface area contributed by atoms with E-state index < -0.39 is 0 Å². The largest absolute Gasteiger partial charge is 0.378 e. The van der Waals surface area contributed by atoms with Crippen molar-refractivity contribution in [2.24, 2.45) is 7.05 Å². The molecule has 2 rings (SSSR count). The van der Waals surface area contributed by atoms with Crippen LogP contribution in [0.4, 0.5) is 5.00 Å². The summed E-state index contributed by atoms with van der Waals surface area (Å²) >= 11 is 1.31. The van der Waals surface area contributed by atoms with E-state index in [1.54, 1.807) is 7.05 Å². The monoisotopic (exact) mass is 278 g/mol. The van der Waals surface area contributed by atoms with E-state index in [4.69, 9.17) is 0 Å². The molecule has 0 aliphatic rings. The maximum atomic E-state index is 12.2. The molecule has 0 saturated carbocycles. The topological polar surface area (TPSA) is 59.0 Å². The highest BCUT2D eigenvalue weighted by atomic mass is 32.1. The molecule has 0 saturated heterocycles. The van der Waals surface area contributed by atoms with Gasteiger partial charge in [0.1, 0.15) is 5.00 Å². The maximum absolute atomic E-state index is 12.2. The third-order valence-corrected chi connectivity index (χ3v) is 4.18. The second kappa shape index (κ2) is 5.44. The first-order valence-corrected chi connectivity index (χ1v) is 6.85. The van der Waals surface area contributed by atoms with Crippen molar-refractivity contribution in [2.45, 2.75) is 20.4 Å². The van der Waals surface area contributed by atoms with Crippen LogP contribution in [-0.4, -0.2) is 21.9 Å². The summed E-state index contributed by atoms with van der Waals surface area (Å²) in [7, 11) is 3.79. The van der Waals surface area contributed by atoms with Gasteiger partial charge in [-0.2, -0.15) is 4.37 Å². The van der Waals surface area contributed by atoms with Crippen LogP contribution in [-0.2, 0) is 13.6 Å². The van der Waals surface area contributed by atoms with Crippen LogP contribution in [0.1, 0.15) is 27.4 Å². The van der Waals surface area contributed by atoms with Gasteiger partial charge in [0.15, 0.2) is 0 Å². The lowest BCUT2D eigenvalue weighted by molar-refractivity contribution is 0.0950. The second-order valence-corrected chi connectivity index (χ2v) is 5.20. The van der Waals surface area contributed by atoms with E-state index in [-0.39, 0.29) is 5.91 Å². The normalized spacial score (nSPS) is 10.5. The van der Waals surface area contributed by atoms with Crippen molar-refractivity contribution in [1.82, 2.24) is 14.3 Å². The fourth-order valence-electron chi connectivity index (χ4n) is 1.91. The van der Waals surface area contributed by atoms with Gasteiger partial charge in [0.25, 0.3) is 5.91 Å². The Bertz CT molecular complexity index is 600. The fourth-order valence-corrected chi connectivity index (χ4v) is 2.65. The van der Waals surface area contributed by atoms with E-state index in [2.05, 4.69) is 19.6 Å². The van der Waals surface area contributed by atoms with Crippen molar-refractivity contribution in [3.05, 3.63) is 34.8 Å². The standard InChI is InChI=1S/C13H18N4OS/c1-8-5-6-10(17(8)4)7-15-12(18)11-9(2)16-19-13(11)14-3/h5-6,14H,7H2,1-4H3,(H,15,18). The molecule has 0 bridgehead atoms. The Morgan fingerprint density at radius 1 is 1.42 bits per heavy atom. The van der Waals surface area contributed by atoms with E-state index >= 15 is 0 Å². The summed E-state index contributed by atoms with van der Waals surface area (Å²) in [5, 5.41) is 6.74. The quantitative estimate of drug-likeness (QED) is 0.900. The summed E-state index contributed by atoms with van der Waals surface area (Å²) in [5.74, 6) is -0.0885. The van der Waals surface area contributed by atoms with E-state index in [9.17, 15) is 4.79 Å². The van der Waals surface area contributed by atoms with Crippen molar-refractivity contribution in [1.29, 1.82) is 0 Å². The lowest BCUT2D eigenvalue weighted by Crippen LogP contribution is -2.25. The lowest BCUT2D eigenvalue weighted by atomic mass is 10.2. The van der Waals surface area contributed by atoms with Gasteiger partial charge >= 0.3 is 0 Å². The highest BCUT2D eigenvalue weighted by Crippen LogP contribution is 2.23. The van der Waals surface area contributed by atoms with Gasteiger partial charge < -0.3 is 15.2 Å². The van der Waals surface area contributed by atoms with Crippen molar-refractivity contribution in [3.8, 4) is 0 Å². The molecule has 19 heavy (non-hydrogen) atoms. The smallest absolute Gasteiger partial charge is 0.256 e. The summed E-state index contributed by atoms with van der Waals surface area (Å²) in [4.78, 5) is 12.2. The molecule has 5 nitrogen and oxygen atoms in total. The molecule has 0 aliphatic heterocycles. The number of carbonyl (C=O) groups is 1. The Labute approximate surface area is 116 Å². The van der Waals surface area contributed by atoms with Gasteiger partial charge in [-0.15, -0.1) is 0 Å². The van der Waals surface area contributed by atoms with Gasteiger partial charge in [-0.3, -0.25) is 4.79 Å². The Kier molecular flexibility index (Phi) is 3.90. The van der Waals surface area contributed by atoms with Crippen molar-refractivity contribution >= 4 is 22.4 Å². The summed E-state index contributed by atoms with van der Waals surface area (Å²) in [6.45, 7) is 4.40. The molecule has 0 radical (unpaired) electrons. The van der Waals surface area contributed by atoms with E-state index in [1.807, 2.05) is 33.0 Å². The first-order valence-electron chi connectivity index (χ1n) is 6.08. The SMILES string of the molecule is CNc1snc(C)c1C(=O)NCc1ccc(C)n1C. The van der Waals surface area contributed by atoms with Gasteiger partial charge in [0.05, 0.1) is 17.8 Å². The maximum Gasteiger partial charge on any atom is 0.256 e. The minimum absolute atomic E-state index is 0.0885. The average Bonchev–Trinajstić information content (AvgIpc) is 2.92. The van der Waals surface area contributed by atoms with Crippen LogP contribution in [0.2, 0.25) is 0 Å². The predicted octanol–water partition coefficient (Wildman–Crippen LogP) is 2.07. The number of nitrogens with zero attached hydrogens (tertiary/aromatic N) is 2. The summed E-state index contributed by atoms with van der Waals surface area (Å²) in [6.07, 6.45) is 0. The molecule has 102 valence electrons. The molecule has 1 amide bonds. The molecule has 2 aromatic rings. The second-order valence-electron chi connectivity index (χ2n) is 4.43. The van der Waals surface area contributed by atoms with Gasteiger partial charge in [-0.25, -0.2) is 0 Å². The molecule has 0 spiro atoms. The molecule has 0 aromatic carbocycles. The minimum Gasteiger partial charge on any atom is -0.378 e. The molecule has 0 fully saturated rings. The third-order valence-electron chi connectivity index (χ3n) is 3.22. The highest BCUT2D eigenvalue weighted by molar-refractivity contribution is 7.10. The molecule has 2 N–H and O–H groups in total. The number of hydrogen-bond acceptors (Lipinski definition) is 4. The zero-order valence-corrected chi connectivity index (χ0v) is 12.4. The highest BCUT2D eigenvalue weighted by Gasteiger charge is 2.17. The minimum atomic E-state index is -0.0885. The van der Waals surface area contributed by atoms with E-state index in [0.29, 0.717) is 12.1 Å².